The summed E-state index contributed by atoms with van der Waals surface area (Å²) in [6.45, 7) is 3.12. The van der Waals surface area contributed by atoms with Crippen molar-refractivity contribution in [2.75, 3.05) is 0 Å². The summed E-state index contributed by atoms with van der Waals surface area (Å²) < 4.78 is 5.27. The fourth-order valence-corrected chi connectivity index (χ4v) is 1.37. The van der Waals surface area contributed by atoms with E-state index >= 15 is 0 Å². The lowest BCUT2D eigenvalue weighted by Crippen LogP contribution is -2.25. The Hall–Kier alpha value is -1.04. The second-order valence-corrected chi connectivity index (χ2v) is 4.37. The van der Waals surface area contributed by atoms with Crippen molar-refractivity contribution in [1.29, 1.82) is 0 Å². The summed E-state index contributed by atoms with van der Waals surface area (Å²) in [7, 11) is 0. The zero-order chi connectivity index (χ0) is 13.2. The van der Waals surface area contributed by atoms with E-state index in [1.54, 1.807) is 6.92 Å². The predicted octanol–water partition coefficient (Wildman–Crippen LogP) is 3.05. The Morgan fingerprint density at radius 3 is 2.35 bits per heavy atom. The number of halogens is 2. The first kappa shape index (κ1) is 14.0. The number of hydrogen-bond donors (Lipinski definition) is 1. The summed E-state index contributed by atoms with van der Waals surface area (Å²) in [6, 6.07) is 2.38. The van der Waals surface area contributed by atoms with Crippen LogP contribution in [-0.4, -0.2) is 22.2 Å². The van der Waals surface area contributed by atoms with Crippen molar-refractivity contribution in [3.63, 3.8) is 0 Å². The molecule has 94 valence electrons. The third-order valence-corrected chi connectivity index (χ3v) is 2.91. The van der Waals surface area contributed by atoms with Crippen molar-refractivity contribution in [2.45, 2.75) is 26.1 Å². The summed E-state index contributed by atoms with van der Waals surface area (Å²) in [5.41, 5.74) is -0.285. The highest BCUT2D eigenvalue weighted by atomic mass is 35.5. The first-order valence-corrected chi connectivity index (χ1v) is 5.56. The molecular weight excluding hydrogens is 269 g/mol. The molecule has 0 aliphatic carbocycles. The molecule has 0 heterocycles. The third-order valence-electron chi connectivity index (χ3n) is 2.19. The molecule has 5 nitrogen and oxygen atoms in total. The van der Waals surface area contributed by atoms with Gasteiger partial charge < -0.3 is 9.84 Å². The van der Waals surface area contributed by atoms with E-state index in [9.17, 15) is 15.2 Å². The molecule has 0 amide bonds. The average Bonchev–Trinajstić information content (AvgIpc) is 2.22. The maximum Gasteiger partial charge on any atom is 0.312 e. The van der Waals surface area contributed by atoms with Gasteiger partial charge in [0.1, 0.15) is 6.10 Å². The van der Waals surface area contributed by atoms with Gasteiger partial charge in [-0.2, -0.15) is 0 Å². The van der Waals surface area contributed by atoms with Gasteiger partial charge in [0.2, 0.25) is 0 Å². The van der Waals surface area contributed by atoms with Crippen molar-refractivity contribution >= 4 is 28.9 Å². The van der Waals surface area contributed by atoms with Crippen LogP contribution in [0.2, 0.25) is 10.0 Å². The summed E-state index contributed by atoms with van der Waals surface area (Å²) in [5.74, 6) is -0.0159. The Morgan fingerprint density at radius 1 is 1.35 bits per heavy atom. The van der Waals surface area contributed by atoms with Gasteiger partial charge in [0.15, 0.2) is 5.75 Å². The van der Waals surface area contributed by atoms with Gasteiger partial charge in [-0.1, -0.05) is 23.2 Å². The topological polar surface area (TPSA) is 72.6 Å². The Bertz CT molecular complexity index is 437. The normalized spacial score (nSPS) is 14.2. The van der Waals surface area contributed by atoms with Crippen molar-refractivity contribution in [3.8, 4) is 5.75 Å². The van der Waals surface area contributed by atoms with Gasteiger partial charge in [0.05, 0.1) is 21.1 Å². The second-order valence-electron chi connectivity index (χ2n) is 3.55. The largest absolute Gasteiger partial charge is 0.481 e. The van der Waals surface area contributed by atoms with E-state index in [-0.39, 0.29) is 21.5 Å². The fraction of sp³-hybridized carbons (Fsp3) is 0.400. The van der Waals surface area contributed by atoms with Gasteiger partial charge in [0.25, 0.3) is 0 Å². The van der Waals surface area contributed by atoms with E-state index in [0.29, 0.717) is 0 Å². The van der Waals surface area contributed by atoms with E-state index in [1.807, 2.05) is 0 Å². The highest BCUT2D eigenvalue weighted by molar-refractivity contribution is 6.42. The van der Waals surface area contributed by atoms with E-state index in [0.717, 1.165) is 6.07 Å². The lowest BCUT2D eigenvalue weighted by Gasteiger charge is -2.17. The molecule has 1 N–H and O–H groups in total. The molecule has 2 atom stereocenters. The summed E-state index contributed by atoms with van der Waals surface area (Å²) in [4.78, 5) is 10.2. The van der Waals surface area contributed by atoms with Crippen LogP contribution in [0.1, 0.15) is 13.8 Å². The number of ether oxygens (including phenoxy) is 1. The molecule has 1 aromatic carbocycles. The van der Waals surface area contributed by atoms with Crippen LogP contribution in [0.3, 0.4) is 0 Å². The highest BCUT2D eigenvalue weighted by Gasteiger charge is 2.21. The standard InChI is InChI=1S/C10H11Cl2NO4/c1-5(14)6(2)17-10-4-8(12)7(11)3-9(10)13(15)16/h3-6,14H,1-2H3. The SMILES string of the molecule is CC(O)C(C)Oc1cc(Cl)c(Cl)cc1[N+](=O)[O-]. The number of hydrogen-bond acceptors (Lipinski definition) is 4. The molecule has 0 fully saturated rings. The first-order valence-electron chi connectivity index (χ1n) is 4.81. The molecule has 0 saturated heterocycles. The van der Waals surface area contributed by atoms with E-state index < -0.39 is 17.1 Å². The minimum atomic E-state index is -0.760. The Morgan fingerprint density at radius 2 is 1.88 bits per heavy atom. The molecule has 0 aromatic heterocycles. The molecule has 1 rings (SSSR count). The monoisotopic (exact) mass is 279 g/mol. The quantitative estimate of drug-likeness (QED) is 0.679. The minimum absolute atomic E-state index is 0.0159. The number of rotatable bonds is 4. The maximum absolute atomic E-state index is 10.8. The summed E-state index contributed by atoms with van der Waals surface area (Å²) in [5, 5.41) is 20.3. The van der Waals surface area contributed by atoms with E-state index in [1.165, 1.54) is 13.0 Å². The van der Waals surface area contributed by atoms with Crippen molar-refractivity contribution in [3.05, 3.63) is 32.3 Å². The minimum Gasteiger partial charge on any atom is -0.481 e. The highest BCUT2D eigenvalue weighted by Crippen LogP contribution is 2.36. The molecule has 0 aliphatic heterocycles. The lowest BCUT2D eigenvalue weighted by atomic mass is 10.2. The number of aliphatic hydroxyl groups is 1. The number of benzene rings is 1. The molecular formula is C10H11Cl2NO4. The van der Waals surface area contributed by atoms with Crippen LogP contribution in [0.5, 0.6) is 5.75 Å². The molecule has 1 aromatic rings. The number of aliphatic hydroxyl groups excluding tert-OH is 1. The van der Waals surface area contributed by atoms with Crippen molar-refractivity contribution < 1.29 is 14.8 Å². The Labute approximate surface area is 108 Å². The fourth-order valence-electron chi connectivity index (χ4n) is 1.05. The molecule has 17 heavy (non-hydrogen) atoms. The molecule has 0 aliphatic rings. The lowest BCUT2D eigenvalue weighted by molar-refractivity contribution is -0.386. The van der Waals surface area contributed by atoms with E-state index in [4.69, 9.17) is 27.9 Å². The second kappa shape index (κ2) is 5.53. The molecule has 7 heteroatoms. The van der Waals surface area contributed by atoms with Crippen LogP contribution < -0.4 is 4.74 Å². The van der Waals surface area contributed by atoms with Gasteiger partial charge in [-0.3, -0.25) is 10.1 Å². The van der Waals surface area contributed by atoms with Crippen LogP contribution in [0.15, 0.2) is 12.1 Å². The van der Waals surface area contributed by atoms with Gasteiger partial charge in [0, 0.05) is 12.1 Å². The number of nitro groups is 1. The van der Waals surface area contributed by atoms with Gasteiger partial charge in [-0.25, -0.2) is 0 Å². The van der Waals surface area contributed by atoms with Crippen molar-refractivity contribution in [1.82, 2.24) is 0 Å². The van der Waals surface area contributed by atoms with Crippen LogP contribution >= 0.6 is 23.2 Å². The third kappa shape index (κ3) is 3.46. The van der Waals surface area contributed by atoms with Crippen LogP contribution in [0, 0.1) is 10.1 Å². The van der Waals surface area contributed by atoms with E-state index in [2.05, 4.69) is 0 Å². The number of nitrogens with zero attached hydrogens (tertiary/aromatic N) is 1. The number of nitro benzene ring substituents is 1. The van der Waals surface area contributed by atoms with Gasteiger partial charge in [-0.15, -0.1) is 0 Å². The smallest absolute Gasteiger partial charge is 0.312 e. The zero-order valence-corrected chi connectivity index (χ0v) is 10.7. The van der Waals surface area contributed by atoms with Gasteiger partial charge in [-0.05, 0) is 13.8 Å². The molecule has 0 saturated carbocycles. The van der Waals surface area contributed by atoms with Crippen LogP contribution in [0.4, 0.5) is 5.69 Å². The zero-order valence-electron chi connectivity index (χ0n) is 9.18. The Kier molecular flexibility index (Phi) is 4.56. The molecule has 0 spiro atoms. The van der Waals surface area contributed by atoms with Gasteiger partial charge >= 0.3 is 5.69 Å². The maximum atomic E-state index is 10.8. The molecule has 0 radical (unpaired) electrons. The van der Waals surface area contributed by atoms with Crippen LogP contribution in [0.25, 0.3) is 0 Å². The average molecular weight is 280 g/mol. The molecule has 0 bridgehead atoms. The summed E-state index contributed by atoms with van der Waals surface area (Å²) >= 11 is 11.4. The van der Waals surface area contributed by atoms with Crippen molar-refractivity contribution in [2.24, 2.45) is 0 Å². The summed E-state index contributed by atoms with van der Waals surface area (Å²) in [6.07, 6.45) is -1.35. The predicted molar refractivity (Wildman–Crippen MR) is 64.9 cm³/mol. The first-order chi connectivity index (χ1) is 7.82. The van der Waals surface area contributed by atoms with Crippen LogP contribution in [-0.2, 0) is 0 Å². The molecule has 2 unspecified atom stereocenters. The Balaban J connectivity index is 3.13.